The Kier molecular flexibility index (Phi) is 5.15. The predicted octanol–water partition coefficient (Wildman–Crippen LogP) is 2.85. The quantitative estimate of drug-likeness (QED) is 0.909. The summed E-state index contributed by atoms with van der Waals surface area (Å²) in [7, 11) is -3.59. The van der Waals surface area contributed by atoms with E-state index >= 15 is 0 Å². The lowest BCUT2D eigenvalue weighted by atomic mass is 10.3. The van der Waals surface area contributed by atoms with Crippen LogP contribution in [0.5, 0.6) is 0 Å². The van der Waals surface area contributed by atoms with Crippen molar-refractivity contribution in [1.82, 2.24) is 4.98 Å². The molecule has 22 heavy (non-hydrogen) atoms. The maximum absolute atomic E-state index is 12.2. The molecule has 2 aromatic rings. The zero-order chi connectivity index (χ0) is 16.2. The second-order valence-corrected chi connectivity index (χ2v) is 7.22. The Morgan fingerprint density at radius 1 is 1.27 bits per heavy atom. The van der Waals surface area contributed by atoms with E-state index in [1.807, 2.05) is 0 Å². The smallest absolute Gasteiger partial charge is 0.225 e. The summed E-state index contributed by atoms with van der Waals surface area (Å²) in [5.74, 6) is -0.673. The van der Waals surface area contributed by atoms with Crippen LogP contribution in [0.4, 0.5) is 5.69 Å². The third-order valence-electron chi connectivity index (χ3n) is 2.95. The summed E-state index contributed by atoms with van der Waals surface area (Å²) in [6.07, 6.45) is 1.43. The van der Waals surface area contributed by atoms with Crippen LogP contribution < -0.4 is 5.32 Å². The van der Waals surface area contributed by atoms with Crippen LogP contribution in [0.2, 0.25) is 5.02 Å². The van der Waals surface area contributed by atoms with Crippen molar-refractivity contribution in [2.75, 3.05) is 11.1 Å². The standard InChI is InChI=1S/C15H15ClN2O3S/c1-11-10-12(6-8-17-11)18-15(19)7-9-22(20,21)14-5-3-2-4-13(14)16/h2-6,8,10H,7,9H2,1H3,(H,17,18,19). The molecule has 7 heteroatoms. The molecule has 0 bridgehead atoms. The van der Waals surface area contributed by atoms with Gasteiger partial charge in [-0.2, -0.15) is 0 Å². The number of nitrogens with one attached hydrogen (secondary N) is 1. The molecule has 0 fully saturated rings. The first kappa shape index (κ1) is 16.5. The highest BCUT2D eigenvalue weighted by atomic mass is 35.5. The van der Waals surface area contributed by atoms with Gasteiger partial charge in [0, 0.05) is 24.0 Å². The monoisotopic (exact) mass is 338 g/mol. The number of amides is 1. The number of anilines is 1. The summed E-state index contributed by atoms with van der Waals surface area (Å²) in [5.41, 5.74) is 1.36. The number of halogens is 1. The molecular formula is C15H15ClN2O3S. The number of nitrogens with zero attached hydrogens (tertiary/aromatic N) is 1. The highest BCUT2D eigenvalue weighted by Crippen LogP contribution is 2.22. The van der Waals surface area contributed by atoms with Crippen molar-refractivity contribution >= 4 is 33.0 Å². The average Bonchev–Trinajstić information content (AvgIpc) is 2.45. The van der Waals surface area contributed by atoms with E-state index in [1.165, 1.54) is 12.1 Å². The van der Waals surface area contributed by atoms with Crippen LogP contribution in [0.1, 0.15) is 12.1 Å². The van der Waals surface area contributed by atoms with E-state index < -0.39 is 9.84 Å². The zero-order valence-corrected chi connectivity index (χ0v) is 13.5. The third kappa shape index (κ3) is 4.29. The van der Waals surface area contributed by atoms with Gasteiger partial charge in [-0.05, 0) is 31.2 Å². The SMILES string of the molecule is Cc1cc(NC(=O)CCS(=O)(=O)c2ccccc2Cl)ccn1. The fourth-order valence-electron chi connectivity index (χ4n) is 1.88. The molecule has 0 aliphatic heterocycles. The molecule has 0 unspecified atom stereocenters. The molecule has 1 amide bonds. The minimum atomic E-state index is -3.59. The first-order valence-corrected chi connectivity index (χ1v) is 8.61. The largest absolute Gasteiger partial charge is 0.326 e. The number of carbonyl (C=O) groups excluding carboxylic acids is 1. The van der Waals surface area contributed by atoms with E-state index in [9.17, 15) is 13.2 Å². The van der Waals surface area contributed by atoms with Crippen LogP contribution in [-0.4, -0.2) is 25.1 Å². The van der Waals surface area contributed by atoms with Gasteiger partial charge in [0.05, 0.1) is 15.7 Å². The van der Waals surface area contributed by atoms with Gasteiger partial charge in [0.2, 0.25) is 5.91 Å². The van der Waals surface area contributed by atoms with E-state index in [2.05, 4.69) is 10.3 Å². The number of hydrogen-bond donors (Lipinski definition) is 1. The number of benzene rings is 1. The van der Waals surface area contributed by atoms with Crippen molar-refractivity contribution in [2.24, 2.45) is 0 Å². The van der Waals surface area contributed by atoms with Gasteiger partial charge < -0.3 is 5.32 Å². The molecule has 0 saturated carbocycles. The van der Waals surface area contributed by atoms with E-state index in [4.69, 9.17) is 11.6 Å². The van der Waals surface area contributed by atoms with Gasteiger partial charge in [-0.25, -0.2) is 8.42 Å². The Balaban J connectivity index is 2.00. The number of carbonyl (C=O) groups is 1. The maximum atomic E-state index is 12.2. The molecule has 0 radical (unpaired) electrons. The van der Waals surface area contributed by atoms with Crippen LogP contribution in [0.15, 0.2) is 47.5 Å². The van der Waals surface area contributed by atoms with Gasteiger partial charge in [0.25, 0.3) is 0 Å². The summed E-state index contributed by atoms with van der Waals surface area (Å²) >= 11 is 5.88. The van der Waals surface area contributed by atoms with Crippen LogP contribution >= 0.6 is 11.6 Å². The lowest BCUT2D eigenvalue weighted by Gasteiger charge is -2.07. The number of hydrogen-bond acceptors (Lipinski definition) is 4. The Morgan fingerprint density at radius 3 is 2.68 bits per heavy atom. The molecule has 5 nitrogen and oxygen atoms in total. The highest BCUT2D eigenvalue weighted by molar-refractivity contribution is 7.91. The molecule has 0 atom stereocenters. The van der Waals surface area contributed by atoms with E-state index in [-0.39, 0.29) is 28.0 Å². The van der Waals surface area contributed by atoms with Crippen LogP contribution in [0, 0.1) is 6.92 Å². The number of rotatable bonds is 5. The summed E-state index contributed by atoms with van der Waals surface area (Å²) < 4.78 is 24.4. The van der Waals surface area contributed by atoms with Crippen molar-refractivity contribution in [3.8, 4) is 0 Å². The van der Waals surface area contributed by atoms with Crippen molar-refractivity contribution in [3.63, 3.8) is 0 Å². The van der Waals surface area contributed by atoms with E-state index in [1.54, 1.807) is 37.4 Å². The zero-order valence-electron chi connectivity index (χ0n) is 11.9. The van der Waals surface area contributed by atoms with Gasteiger partial charge >= 0.3 is 0 Å². The molecular weight excluding hydrogens is 324 g/mol. The summed E-state index contributed by atoms with van der Waals surface area (Å²) in [5, 5.41) is 2.80. The molecule has 1 aromatic heterocycles. The number of pyridine rings is 1. The lowest BCUT2D eigenvalue weighted by molar-refractivity contribution is -0.115. The number of aromatic nitrogens is 1. The third-order valence-corrected chi connectivity index (χ3v) is 5.16. The van der Waals surface area contributed by atoms with Gasteiger partial charge in [-0.1, -0.05) is 23.7 Å². The van der Waals surface area contributed by atoms with Crippen LogP contribution in [0.25, 0.3) is 0 Å². The first-order valence-electron chi connectivity index (χ1n) is 6.58. The van der Waals surface area contributed by atoms with E-state index in [0.29, 0.717) is 5.69 Å². The summed E-state index contributed by atoms with van der Waals surface area (Å²) in [6.45, 7) is 1.80. The van der Waals surface area contributed by atoms with Gasteiger partial charge in [0.1, 0.15) is 0 Å². The minimum Gasteiger partial charge on any atom is -0.326 e. The number of aryl methyl sites for hydroxylation is 1. The lowest BCUT2D eigenvalue weighted by Crippen LogP contribution is -2.17. The fraction of sp³-hybridized carbons (Fsp3) is 0.200. The second-order valence-electron chi connectivity index (χ2n) is 4.73. The summed E-state index contributed by atoms with van der Waals surface area (Å²) in [4.78, 5) is 15.9. The number of sulfone groups is 1. The highest BCUT2D eigenvalue weighted by Gasteiger charge is 2.19. The second kappa shape index (κ2) is 6.89. The predicted molar refractivity (Wildman–Crippen MR) is 85.7 cm³/mol. The topological polar surface area (TPSA) is 76.1 Å². The molecule has 2 rings (SSSR count). The van der Waals surface area contributed by atoms with E-state index in [0.717, 1.165) is 5.69 Å². The van der Waals surface area contributed by atoms with Crippen LogP contribution in [0.3, 0.4) is 0 Å². The summed E-state index contributed by atoms with van der Waals surface area (Å²) in [6, 6.07) is 9.54. The molecule has 1 heterocycles. The van der Waals surface area contributed by atoms with Gasteiger partial charge in [0.15, 0.2) is 9.84 Å². The molecule has 1 aromatic carbocycles. The Bertz CT molecular complexity index is 791. The van der Waals surface area contributed by atoms with Crippen molar-refractivity contribution in [1.29, 1.82) is 0 Å². The Hall–Kier alpha value is -1.92. The van der Waals surface area contributed by atoms with Gasteiger partial charge in [-0.15, -0.1) is 0 Å². The van der Waals surface area contributed by atoms with Gasteiger partial charge in [-0.3, -0.25) is 9.78 Å². The Labute approximate surface area is 134 Å². The Morgan fingerprint density at radius 2 is 2.00 bits per heavy atom. The normalized spacial score (nSPS) is 11.2. The maximum Gasteiger partial charge on any atom is 0.225 e. The minimum absolute atomic E-state index is 0.0456. The first-order chi connectivity index (χ1) is 10.4. The fourth-order valence-corrected chi connectivity index (χ4v) is 3.69. The average molecular weight is 339 g/mol. The van der Waals surface area contributed by atoms with Crippen LogP contribution in [-0.2, 0) is 14.6 Å². The molecule has 116 valence electrons. The molecule has 0 saturated heterocycles. The van der Waals surface area contributed by atoms with Crippen molar-refractivity contribution < 1.29 is 13.2 Å². The van der Waals surface area contributed by atoms with Crippen molar-refractivity contribution in [3.05, 3.63) is 53.3 Å². The molecule has 0 aliphatic rings. The molecule has 0 aliphatic carbocycles. The molecule has 0 spiro atoms. The molecule has 1 N–H and O–H groups in total. The van der Waals surface area contributed by atoms with Crippen molar-refractivity contribution in [2.45, 2.75) is 18.2 Å².